The lowest BCUT2D eigenvalue weighted by Crippen LogP contribution is -2.41. The van der Waals surface area contributed by atoms with Crippen LogP contribution in [0.25, 0.3) is 10.9 Å². The molecule has 1 saturated carbocycles. The summed E-state index contributed by atoms with van der Waals surface area (Å²) in [5, 5.41) is 13.3. The summed E-state index contributed by atoms with van der Waals surface area (Å²) in [6.07, 6.45) is 2.48. The number of para-hydroxylation sites is 1. The van der Waals surface area contributed by atoms with Crippen molar-refractivity contribution in [2.45, 2.75) is 25.0 Å². The van der Waals surface area contributed by atoms with Crippen molar-refractivity contribution >= 4 is 16.8 Å². The van der Waals surface area contributed by atoms with E-state index >= 15 is 0 Å². The summed E-state index contributed by atoms with van der Waals surface area (Å²) >= 11 is 0. The molecule has 7 heteroatoms. The number of aliphatic hydroxyl groups excluding tert-OH is 1. The van der Waals surface area contributed by atoms with Crippen molar-refractivity contribution < 1.29 is 19.0 Å². The average molecular weight is 381 g/mol. The van der Waals surface area contributed by atoms with Gasteiger partial charge in [0.05, 0.1) is 19.3 Å². The number of halogens is 1. The molecule has 1 fully saturated rings. The minimum absolute atomic E-state index is 0.0892. The molecular formula is C21H20FN3O3. The van der Waals surface area contributed by atoms with Crippen molar-refractivity contribution in [1.82, 2.24) is 15.3 Å². The molecule has 1 atom stereocenters. The van der Waals surface area contributed by atoms with E-state index in [4.69, 9.17) is 4.74 Å². The molecule has 0 bridgehead atoms. The molecule has 0 spiro atoms. The van der Waals surface area contributed by atoms with Crippen LogP contribution in [0.3, 0.4) is 0 Å². The van der Waals surface area contributed by atoms with Crippen molar-refractivity contribution in [2.24, 2.45) is 5.92 Å². The molecule has 0 radical (unpaired) electrons. The first-order valence-electron chi connectivity index (χ1n) is 9.09. The zero-order chi connectivity index (χ0) is 19.7. The van der Waals surface area contributed by atoms with Crippen molar-refractivity contribution in [1.29, 1.82) is 0 Å². The third-order valence-electron chi connectivity index (χ3n) is 5.14. The number of hydrogen-bond donors (Lipinski definition) is 2. The number of benzene rings is 1. The SMILES string of the molecule is COc1ccc([C@H](NC(=O)c2ccc3cccc(F)c3n2)C2CC(O)C2)cn1. The lowest BCUT2D eigenvalue weighted by molar-refractivity contribution is 0.0234. The van der Waals surface area contributed by atoms with Gasteiger partial charge >= 0.3 is 0 Å². The van der Waals surface area contributed by atoms with Crippen molar-refractivity contribution in [3.8, 4) is 5.88 Å². The number of carbonyl (C=O) groups is 1. The van der Waals surface area contributed by atoms with Gasteiger partial charge in [-0.1, -0.05) is 24.3 Å². The summed E-state index contributed by atoms with van der Waals surface area (Å²) in [4.78, 5) is 21.2. The highest BCUT2D eigenvalue weighted by Crippen LogP contribution is 2.38. The van der Waals surface area contributed by atoms with Crippen LogP contribution in [-0.2, 0) is 0 Å². The number of nitrogens with zero attached hydrogens (tertiary/aromatic N) is 2. The molecule has 1 amide bonds. The molecule has 2 aromatic heterocycles. The number of aliphatic hydroxyl groups is 1. The fourth-order valence-electron chi connectivity index (χ4n) is 3.52. The highest BCUT2D eigenvalue weighted by Gasteiger charge is 2.36. The fourth-order valence-corrected chi connectivity index (χ4v) is 3.52. The molecule has 28 heavy (non-hydrogen) atoms. The van der Waals surface area contributed by atoms with Gasteiger partial charge in [-0.05, 0) is 36.5 Å². The zero-order valence-corrected chi connectivity index (χ0v) is 15.3. The number of hydrogen-bond acceptors (Lipinski definition) is 5. The smallest absolute Gasteiger partial charge is 0.270 e. The Bertz CT molecular complexity index is 1000. The van der Waals surface area contributed by atoms with Gasteiger partial charge in [0.1, 0.15) is 17.0 Å². The second-order valence-corrected chi connectivity index (χ2v) is 6.98. The number of rotatable bonds is 5. The molecule has 1 aliphatic carbocycles. The Hall–Kier alpha value is -3.06. The van der Waals surface area contributed by atoms with Gasteiger partial charge in [0.25, 0.3) is 5.91 Å². The van der Waals surface area contributed by atoms with E-state index in [1.54, 1.807) is 36.5 Å². The third-order valence-corrected chi connectivity index (χ3v) is 5.14. The topological polar surface area (TPSA) is 84.3 Å². The maximum atomic E-state index is 14.0. The number of pyridine rings is 2. The Kier molecular flexibility index (Phi) is 4.92. The van der Waals surface area contributed by atoms with Crippen LogP contribution in [-0.4, -0.2) is 34.2 Å². The first-order chi connectivity index (χ1) is 13.5. The van der Waals surface area contributed by atoms with Gasteiger partial charge in [0.15, 0.2) is 0 Å². The standard InChI is InChI=1S/C21H20FN3O3/c1-28-18-8-6-13(11-23-18)19(14-9-15(26)10-14)25-21(27)17-7-5-12-3-2-4-16(22)20(12)24-17/h2-8,11,14-15,19,26H,9-10H2,1H3,(H,25,27)/t14?,15?,19-/m0/s1. The number of fused-ring (bicyclic) bond motifs is 1. The largest absolute Gasteiger partial charge is 0.481 e. The van der Waals surface area contributed by atoms with E-state index in [0.29, 0.717) is 24.1 Å². The molecule has 144 valence electrons. The minimum Gasteiger partial charge on any atom is -0.481 e. The zero-order valence-electron chi connectivity index (χ0n) is 15.3. The van der Waals surface area contributed by atoms with E-state index in [1.165, 1.54) is 13.2 Å². The van der Waals surface area contributed by atoms with Gasteiger partial charge in [-0.15, -0.1) is 0 Å². The number of amides is 1. The Morgan fingerprint density at radius 1 is 1.25 bits per heavy atom. The monoisotopic (exact) mass is 381 g/mol. The predicted molar refractivity (Wildman–Crippen MR) is 101 cm³/mol. The Balaban J connectivity index is 1.60. The van der Waals surface area contributed by atoms with Crippen molar-refractivity contribution in [2.75, 3.05) is 7.11 Å². The van der Waals surface area contributed by atoms with Gasteiger partial charge in [-0.2, -0.15) is 0 Å². The summed E-state index contributed by atoms with van der Waals surface area (Å²) in [5.41, 5.74) is 1.12. The molecule has 0 unspecified atom stereocenters. The molecule has 0 saturated heterocycles. The summed E-state index contributed by atoms with van der Waals surface area (Å²) < 4.78 is 19.1. The van der Waals surface area contributed by atoms with Crippen LogP contribution < -0.4 is 10.1 Å². The van der Waals surface area contributed by atoms with Crippen molar-refractivity contribution in [3.63, 3.8) is 0 Å². The third kappa shape index (κ3) is 3.53. The van der Waals surface area contributed by atoms with Crippen LogP contribution in [0.1, 0.15) is 34.9 Å². The van der Waals surface area contributed by atoms with Crippen LogP contribution in [0.5, 0.6) is 5.88 Å². The Morgan fingerprint density at radius 3 is 2.75 bits per heavy atom. The summed E-state index contributed by atoms with van der Waals surface area (Å²) in [6, 6.07) is 11.2. The molecule has 1 aromatic carbocycles. The molecule has 0 aliphatic heterocycles. The molecule has 1 aliphatic rings. The normalized spacial score (nSPS) is 19.7. The van der Waals surface area contributed by atoms with Gasteiger partial charge in [-0.25, -0.2) is 14.4 Å². The molecular weight excluding hydrogens is 361 g/mol. The van der Waals surface area contributed by atoms with Crippen LogP contribution in [0.4, 0.5) is 4.39 Å². The second-order valence-electron chi connectivity index (χ2n) is 6.98. The van der Waals surface area contributed by atoms with E-state index < -0.39 is 11.7 Å². The number of carbonyl (C=O) groups excluding carboxylic acids is 1. The molecule has 6 nitrogen and oxygen atoms in total. The predicted octanol–water partition coefficient (Wildman–Crippen LogP) is 3.02. The van der Waals surface area contributed by atoms with Gasteiger partial charge in [0.2, 0.25) is 5.88 Å². The fraction of sp³-hybridized carbons (Fsp3) is 0.286. The van der Waals surface area contributed by atoms with Gasteiger partial charge in [-0.3, -0.25) is 4.79 Å². The second kappa shape index (κ2) is 7.52. The van der Waals surface area contributed by atoms with E-state index in [2.05, 4.69) is 15.3 Å². The number of nitrogens with one attached hydrogen (secondary N) is 1. The van der Waals surface area contributed by atoms with Gasteiger partial charge in [0, 0.05) is 17.6 Å². The van der Waals surface area contributed by atoms with E-state index in [-0.39, 0.29) is 29.3 Å². The lowest BCUT2D eigenvalue weighted by atomic mass is 9.75. The molecule has 3 aromatic rings. The highest BCUT2D eigenvalue weighted by molar-refractivity contribution is 5.95. The first-order valence-corrected chi connectivity index (χ1v) is 9.09. The Labute approximate surface area is 161 Å². The molecule has 4 rings (SSSR count). The average Bonchev–Trinajstić information content (AvgIpc) is 2.70. The maximum Gasteiger partial charge on any atom is 0.270 e. The quantitative estimate of drug-likeness (QED) is 0.710. The number of ether oxygens (including phenoxy) is 1. The first kappa shape index (κ1) is 18.3. The molecule has 2 N–H and O–H groups in total. The molecule has 2 heterocycles. The number of methoxy groups -OCH3 is 1. The summed E-state index contributed by atoms with van der Waals surface area (Å²) in [5.74, 6) is -0.294. The summed E-state index contributed by atoms with van der Waals surface area (Å²) in [7, 11) is 1.54. The summed E-state index contributed by atoms with van der Waals surface area (Å²) in [6.45, 7) is 0. The maximum absolute atomic E-state index is 14.0. The van der Waals surface area contributed by atoms with Crippen LogP contribution in [0.15, 0.2) is 48.7 Å². The minimum atomic E-state index is -0.467. The van der Waals surface area contributed by atoms with Crippen molar-refractivity contribution in [3.05, 3.63) is 65.7 Å². The van der Waals surface area contributed by atoms with Crippen LogP contribution >= 0.6 is 0 Å². The van der Waals surface area contributed by atoms with Crippen LogP contribution in [0.2, 0.25) is 0 Å². The van der Waals surface area contributed by atoms with E-state index in [9.17, 15) is 14.3 Å². The van der Waals surface area contributed by atoms with Crippen LogP contribution in [0, 0.1) is 11.7 Å². The van der Waals surface area contributed by atoms with E-state index in [1.807, 2.05) is 6.07 Å². The van der Waals surface area contributed by atoms with Gasteiger partial charge < -0.3 is 15.2 Å². The Morgan fingerprint density at radius 2 is 2.07 bits per heavy atom. The lowest BCUT2D eigenvalue weighted by Gasteiger charge is -2.38. The van der Waals surface area contributed by atoms with E-state index in [0.717, 1.165) is 5.56 Å². The number of aromatic nitrogens is 2. The highest BCUT2D eigenvalue weighted by atomic mass is 19.1.